The maximum atomic E-state index is 3.78. The average Bonchev–Trinajstić information content (AvgIpc) is 3.56. The summed E-state index contributed by atoms with van der Waals surface area (Å²) in [6.07, 6.45) is 7.83. The van der Waals surface area contributed by atoms with Crippen molar-refractivity contribution in [1.29, 1.82) is 0 Å². The second-order valence-corrected chi connectivity index (χ2v) is 10.4. The van der Waals surface area contributed by atoms with Crippen LogP contribution in [-0.2, 0) is 5.41 Å². The van der Waals surface area contributed by atoms with E-state index in [-0.39, 0.29) is 5.41 Å². The van der Waals surface area contributed by atoms with Gasteiger partial charge in [0.25, 0.3) is 0 Å². The Kier molecular flexibility index (Phi) is 4.53. The maximum absolute atomic E-state index is 3.78. The number of hydrogen-bond donors (Lipinski definition) is 2. The van der Waals surface area contributed by atoms with Gasteiger partial charge >= 0.3 is 0 Å². The zero-order valence-electron chi connectivity index (χ0n) is 20.9. The fraction of sp³-hybridized carbons (Fsp3) is 0.0556. The van der Waals surface area contributed by atoms with E-state index in [0.717, 1.165) is 6.42 Å². The first-order valence-electron chi connectivity index (χ1n) is 13.3. The van der Waals surface area contributed by atoms with Gasteiger partial charge in [-0.2, -0.15) is 0 Å². The zero-order valence-corrected chi connectivity index (χ0v) is 20.9. The minimum atomic E-state index is -0.306. The van der Waals surface area contributed by atoms with E-state index in [2.05, 4.69) is 143 Å². The number of benzene rings is 5. The number of rotatable bonds is 3. The fourth-order valence-corrected chi connectivity index (χ4v) is 6.59. The molecule has 0 spiro atoms. The SMILES string of the molecule is C1=CC(c2ccccc2)(c2cccc3c2[nH]c2ccccc23)CC(c2cccc3c2[nH]c2ccccc23)=C1. The summed E-state index contributed by atoms with van der Waals surface area (Å²) in [6.45, 7) is 0. The number of H-pyrrole nitrogens is 2. The molecule has 2 nitrogen and oxygen atoms in total. The van der Waals surface area contributed by atoms with Crippen LogP contribution in [0.4, 0.5) is 0 Å². The minimum Gasteiger partial charge on any atom is -0.354 e. The van der Waals surface area contributed by atoms with Crippen LogP contribution >= 0.6 is 0 Å². The number of aromatic amines is 2. The Morgan fingerprint density at radius 1 is 0.526 bits per heavy atom. The predicted molar refractivity (Wildman–Crippen MR) is 161 cm³/mol. The van der Waals surface area contributed by atoms with Gasteiger partial charge in [-0.1, -0.05) is 121 Å². The lowest BCUT2D eigenvalue weighted by molar-refractivity contribution is 0.663. The Morgan fingerprint density at radius 2 is 1.13 bits per heavy atom. The Bertz CT molecular complexity index is 2050. The molecule has 2 heterocycles. The van der Waals surface area contributed by atoms with Gasteiger partial charge in [-0.25, -0.2) is 0 Å². The molecule has 0 saturated heterocycles. The third-order valence-electron chi connectivity index (χ3n) is 8.35. The molecule has 0 amide bonds. The summed E-state index contributed by atoms with van der Waals surface area (Å²) in [5, 5.41) is 5.09. The molecule has 1 aliphatic carbocycles. The molecular weight excluding hydrogens is 460 g/mol. The number of fused-ring (bicyclic) bond motifs is 6. The minimum absolute atomic E-state index is 0.306. The van der Waals surface area contributed by atoms with E-state index in [1.165, 1.54) is 65.9 Å². The van der Waals surface area contributed by atoms with E-state index in [4.69, 9.17) is 0 Å². The van der Waals surface area contributed by atoms with Crippen molar-refractivity contribution in [3.63, 3.8) is 0 Å². The van der Waals surface area contributed by atoms with Crippen molar-refractivity contribution in [2.24, 2.45) is 0 Å². The molecule has 0 radical (unpaired) electrons. The van der Waals surface area contributed by atoms with Gasteiger partial charge in [0.2, 0.25) is 0 Å². The van der Waals surface area contributed by atoms with Gasteiger partial charge in [0, 0.05) is 43.6 Å². The second-order valence-electron chi connectivity index (χ2n) is 10.4. The highest BCUT2D eigenvalue weighted by Gasteiger charge is 2.36. The lowest BCUT2D eigenvalue weighted by Crippen LogP contribution is -2.27. The molecule has 0 aliphatic heterocycles. The molecule has 0 fully saturated rings. The van der Waals surface area contributed by atoms with E-state index in [1.807, 2.05) is 0 Å². The molecule has 8 rings (SSSR count). The Morgan fingerprint density at radius 3 is 1.89 bits per heavy atom. The Hall–Kier alpha value is -4.82. The second kappa shape index (κ2) is 8.09. The van der Waals surface area contributed by atoms with Crippen LogP contribution in [0, 0.1) is 0 Å². The highest BCUT2D eigenvalue weighted by molar-refractivity contribution is 6.11. The van der Waals surface area contributed by atoms with Gasteiger partial charge in [-0.3, -0.25) is 0 Å². The molecule has 1 aliphatic rings. The highest BCUT2D eigenvalue weighted by Crippen LogP contribution is 2.48. The summed E-state index contributed by atoms with van der Waals surface area (Å²) < 4.78 is 0. The molecule has 2 aromatic heterocycles. The van der Waals surface area contributed by atoms with E-state index < -0.39 is 0 Å². The Balaban J connectivity index is 1.37. The van der Waals surface area contributed by atoms with Crippen LogP contribution in [0.5, 0.6) is 0 Å². The first-order chi connectivity index (χ1) is 18.8. The molecule has 2 N–H and O–H groups in total. The largest absolute Gasteiger partial charge is 0.354 e. The number of aromatic nitrogens is 2. The summed E-state index contributed by atoms with van der Waals surface area (Å²) in [5.74, 6) is 0. The van der Waals surface area contributed by atoms with Gasteiger partial charge < -0.3 is 9.97 Å². The van der Waals surface area contributed by atoms with Crippen molar-refractivity contribution in [2.75, 3.05) is 0 Å². The molecule has 0 saturated carbocycles. The number of nitrogens with one attached hydrogen (secondary N) is 2. The standard InChI is InChI=1S/C36H26N2/c1-2-12-25(13-3-1)36(31-19-9-18-30-28-15-5-7-21-33(28)38-35(30)31)22-10-11-24(23-36)26-16-8-17-29-27-14-4-6-20-32(27)37-34(26)29/h1-22,37-38H,23H2. The van der Waals surface area contributed by atoms with Gasteiger partial charge in [-0.05, 0) is 35.3 Å². The van der Waals surface area contributed by atoms with E-state index >= 15 is 0 Å². The van der Waals surface area contributed by atoms with Gasteiger partial charge in [0.05, 0.1) is 11.0 Å². The first kappa shape index (κ1) is 21.3. The van der Waals surface area contributed by atoms with Crippen LogP contribution in [0.1, 0.15) is 23.1 Å². The first-order valence-corrected chi connectivity index (χ1v) is 13.3. The third-order valence-corrected chi connectivity index (χ3v) is 8.35. The van der Waals surface area contributed by atoms with Crippen molar-refractivity contribution in [1.82, 2.24) is 9.97 Å². The predicted octanol–water partition coefficient (Wildman–Crippen LogP) is 9.29. The number of hydrogen-bond acceptors (Lipinski definition) is 0. The van der Waals surface area contributed by atoms with Crippen LogP contribution in [0.15, 0.2) is 133 Å². The molecule has 5 aromatic carbocycles. The molecule has 2 heteroatoms. The van der Waals surface area contributed by atoms with Gasteiger partial charge in [-0.15, -0.1) is 0 Å². The number of para-hydroxylation sites is 4. The third kappa shape index (κ3) is 3.01. The van der Waals surface area contributed by atoms with E-state index in [0.29, 0.717) is 0 Å². The van der Waals surface area contributed by atoms with E-state index in [9.17, 15) is 0 Å². The lowest BCUT2D eigenvalue weighted by Gasteiger charge is -2.36. The zero-order chi connectivity index (χ0) is 25.1. The molecule has 1 atom stereocenters. The van der Waals surface area contributed by atoms with Crippen molar-refractivity contribution in [3.8, 4) is 0 Å². The maximum Gasteiger partial charge on any atom is 0.0541 e. The van der Waals surface area contributed by atoms with Gasteiger partial charge in [0.15, 0.2) is 0 Å². The molecule has 0 bridgehead atoms. The van der Waals surface area contributed by atoms with Crippen LogP contribution in [-0.4, -0.2) is 9.97 Å². The van der Waals surface area contributed by atoms with Gasteiger partial charge in [0.1, 0.15) is 0 Å². The highest BCUT2D eigenvalue weighted by atomic mass is 14.7. The molecule has 7 aromatic rings. The summed E-state index contributed by atoms with van der Waals surface area (Å²) in [7, 11) is 0. The molecule has 38 heavy (non-hydrogen) atoms. The fourth-order valence-electron chi connectivity index (χ4n) is 6.59. The van der Waals surface area contributed by atoms with Crippen molar-refractivity contribution in [2.45, 2.75) is 11.8 Å². The normalized spacial score (nSPS) is 17.5. The molecule has 180 valence electrons. The lowest BCUT2D eigenvalue weighted by atomic mass is 9.67. The topological polar surface area (TPSA) is 31.6 Å². The average molecular weight is 487 g/mol. The monoisotopic (exact) mass is 486 g/mol. The summed E-state index contributed by atoms with van der Waals surface area (Å²) in [6, 6.07) is 41.6. The quantitative estimate of drug-likeness (QED) is 0.249. The Labute approximate surface area is 220 Å². The summed E-state index contributed by atoms with van der Waals surface area (Å²) in [5.41, 5.74) is 9.69. The van der Waals surface area contributed by atoms with Crippen LogP contribution < -0.4 is 0 Å². The van der Waals surface area contributed by atoms with Crippen LogP contribution in [0.2, 0.25) is 0 Å². The van der Waals surface area contributed by atoms with Crippen LogP contribution in [0.25, 0.3) is 49.2 Å². The molecular formula is C36H26N2. The van der Waals surface area contributed by atoms with Crippen molar-refractivity contribution in [3.05, 3.63) is 150 Å². The number of allylic oxidation sites excluding steroid dienone is 4. The molecule has 1 unspecified atom stereocenters. The van der Waals surface area contributed by atoms with E-state index in [1.54, 1.807) is 0 Å². The smallest absolute Gasteiger partial charge is 0.0541 e. The van der Waals surface area contributed by atoms with Crippen molar-refractivity contribution < 1.29 is 0 Å². The summed E-state index contributed by atoms with van der Waals surface area (Å²) in [4.78, 5) is 7.51. The summed E-state index contributed by atoms with van der Waals surface area (Å²) >= 11 is 0. The van der Waals surface area contributed by atoms with Crippen LogP contribution in [0.3, 0.4) is 0 Å². The van der Waals surface area contributed by atoms with Crippen molar-refractivity contribution >= 4 is 49.2 Å².